The molecule has 0 spiro atoms. The zero-order chi connectivity index (χ0) is 19.4. The van der Waals surface area contributed by atoms with Crippen LogP contribution in [-0.4, -0.2) is 10.7 Å². The van der Waals surface area contributed by atoms with Crippen molar-refractivity contribution >= 4 is 0 Å². The van der Waals surface area contributed by atoms with Gasteiger partial charge in [0.05, 0.1) is 0 Å². The highest BCUT2D eigenvalue weighted by molar-refractivity contribution is 5.38. The molecule has 0 aliphatic carbocycles. The molecule has 3 aromatic rings. The predicted octanol–water partition coefficient (Wildman–Crippen LogP) is 4.88. The summed E-state index contributed by atoms with van der Waals surface area (Å²) in [6.45, 7) is 2.09. The topological polar surface area (TPSA) is 32.3 Å². The molecule has 2 N–H and O–H groups in total. The Labute approximate surface area is 167 Å². The first-order valence-corrected chi connectivity index (χ1v) is 9.82. The van der Waals surface area contributed by atoms with Crippen LogP contribution < -0.4 is 5.32 Å². The molecule has 2 nitrogen and oxygen atoms in total. The minimum absolute atomic E-state index is 0.0234. The van der Waals surface area contributed by atoms with Crippen molar-refractivity contribution in [2.24, 2.45) is 5.92 Å². The first-order chi connectivity index (χ1) is 13.7. The molecule has 0 radical (unpaired) electrons. The van der Waals surface area contributed by atoms with Crippen molar-refractivity contribution in [3.63, 3.8) is 0 Å². The molecule has 0 saturated carbocycles. The van der Waals surface area contributed by atoms with Crippen molar-refractivity contribution < 1.29 is 5.11 Å². The van der Waals surface area contributed by atoms with Gasteiger partial charge in [-0.3, -0.25) is 0 Å². The van der Waals surface area contributed by atoms with Gasteiger partial charge in [-0.1, -0.05) is 97.6 Å². The quantitative estimate of drug-likeness (QED) is 0.633. The average Bonchev–Trinajstić information content (AvgIpc) is 2.76. The Hall–Kier alpha value is -2.86. The van der Waals surface area contributed by atoms with Gasteiger partial charge < -0.3 is 10.4 Å². The minimum Gasteiger partial charge on any atom is -0.377 e. The molecular formula is C26H25NO. The summed E-state index contributed by atoms with van der Waals surface area (Å²) in [4.78, 5) is 0. The number of rotatable bonds is 2. The SMILES string of the molecule is C[C@H]1[C@H](c2ccccc2)N[C@H](c2ccccc2)C[C@@]1(O)C#Cc1ccccc1. The van der Waals surface area contributed by atoms with Crippen molar-refractivity contribution in [3.8, 4) is 11.8 Å². The molecule has 4 rings (SSSR count). The van der Waals surface area contributed by atoms with Gasteiger partial charge in [0.25, 0.3) is 0 Å². The first-order valence-electron chi connectivity index (χ1n) is 9.82. The molecule has 3 aromatic carbocycles. The lowest BCUT2D eigenvalue weighted by atomic mass is 9.72. The van der Waals surface area contributed by atoms with Crippen molar-refractivity contribution in [1.82, 2.24) is 5.32 Å². The lowest BCUT2D eigenvalue weighted by Crippen LogP contribution is -2.51. The van der Waals surface area contributed by atoms with E-state index in [0.717, 1.165) is 5.56 Å². The van der Waals surface area contributed by atoms with Crippen LogP contribution in [0, 0.1) is 17.8 Å². The minimum atomic E-state index is -1.08. The highest BCUT2D eigenvalue weighted by atomic mass is 16.3. The van der Waals surface area contributed by atoms with Crippen LogP contribution in [0.15, 0.2) is 91.0 Å². The highest BCUT2D eigenvalue weighted by Crippen LogP contribution is 2.42. The fourth-order valence-electron chi connectivity index (χ4n) is 4.00. The lowest BCUT2D eigenvalue weighted by molar-refractivity contribution is -0.0196. The molecular weight excluding hydrogens is 342 g/mol. The number of nitrogens with one attached hydrogen (secondary N) is 1. The van der Waals surface area contributed by atoms with Crippen molar-refractivity contribution in [1.29, 1.82) is 0 Å². The van der Waals surface area contributed by atoms with Crippen LogP contribution in [0.3, 0.4) is 0 Å². The summed E-state index contributed by atoms with van der Waals surface area (Å²) in [5, 5.41) is 15.4. The summed E-state index contributed by atoms with van der Waals surface area (Å²) in [6, 6.07) is 30.6. The third-order valence-corrected chi connectivity index (χ3v) is 5.71. The summed E-state index contributed by atoms with van der Waals surface area (Å²) in [5.41, 5.74) is 2.20. The van der Waals surface area contributed by atoms with E-state index in [2.05, 4.69) is 48.3 Å². The number of hydrogen-bond acceptors (Lipinski definition) is 2. The van der Waals surface area contributed by atoms with E-state index in [1.807, 2.05) is 66.7 Å². The van der Waals surface area contributed by atoms with E-state index in [0.29, 0.717) is 6.42 Å². The van der Waals surface area contributed by atoms with E-state index in [9.17, 15) is 5.11 Å². The molecule has 0 unspecified atom stereocenters. The Morgan fingerprint density at radius 1 is 0.821 bits per heavy atom. The standard InChI is InChI=1S/C26H25NO/c1-20-25(23-15-9-4-10-16-23)27-24(22-13-7-3-8-14-22)19-26(20,28)18-17-21-11-5-2-6-12-21/h2-16,20,24-25,27-28H,19H2,1H3/t20-,24-,25+,26-/m0/s1. The van der Waals surface area contributed by atoms with Crippen LogP contribution in [0.1, 0.15) is 42.1 Å². The molecule has 1 fully saturated rings. The number of aliphatic hydroxyl groups is 1. The largest absolute Gasteiger partial charge is 0.377 e. The maximum absolute atomic E-state index is 11.7. The van der Waals surface area contributed by atoms with Gasteiger partial charge >= 0.3 is 0 Å². The molecule has 28 heavy (non-hydrogen) atoms. The Bertz CT molecular complexity index is 959. The summed E-state index contributed by atoms with van der Waals surface area (Å²) < 4.78 is 0. The van der Waals surface area contributed by atoms with Crippen molar-refractivity contribution in [2.75, 3.05) is 0 Å². The maximum Gasteiger partial charge on any atom is 0.132 e. The number of hydrogen-bond donors (Lipinski definition) is 2. The van der Waals surface area contributed by atoms with Crippen LogP contribution in [0.2, 0.25) is 0 Å². The highest BCUT2D eigenvalue weighted by Gasteiger charge is 2.45. The van der Waals surface area contributed by atoms with Gasteiger partial charge in [-0.15, -0.1) is 0 Å². The Balaban J connectivity index is 1.72. The molecule has 1 aliphatic heterocycles. The fourth-order valence-corrected chi connectivity index (χ4v) is 4.00. The van der Waals surface area contributed by atoms with Crippen LogP contribution in [0.25, 0.3) is 0 Å². The van der Waals surface area contributed by atoms with Gasteiger partial charge in [-0.2, -0.15) is 0 Å². The summed E-state index contributed by atoms with van der Waals surface area (Å²) in [7, 11) is 0. The monoisotopic (exact) mass is 367 g/mol. The van der Waals surface area contributed by atoms with Crippen LogP contribution in [-0.2, 0) is 0 Å². The van der Waals surface area contributed by atoms with E-state index < -0.39 is 5.60 Å². The van der Waals surface area contributed by atoms with E-state index in [1.54, 1.807) is 0 Å². The predicted molar refractivity (Wildman–Crippen MR) is 114 cm³/mol. The maximum atomic E-state index is 11.7. The first kappa shape index (κ1) is 18.5. The second-order valence-corrected chi connectivity index (χ2v) is 7.55. The fraction of sp³-hybridized carbons (Fsp3) is 0.231. The number of benzene rings is 3. The zero-order valence-corrected chi connectivity index (χ0v) is 16.0. The third kappa shape index (κ3) is 3.87. The molecule has 1 heterocycles. The molecule has 2 heteroatoms. The molecule has 0 aromatic heterocycles. The van der Waals surface area contributed by atoms with E-state index >= 15 is 0 Å². The van der Waals surface area contributed by atoms with Crippen molar-refractivity contribution in [2.45, 2.75) is 31.0 Å². The van der Waals surface area contributed by atoms with E-state index in [4.69, 9.17) is 0 Å². The van der Waals surface area contributed by atoms with Crippen LogP contribution in [0.4, 0.5) is 0 Å². The van der Waals surface area contributed by atoms with Crippen LogP contribution in [0.5, 0.6) is 0 Å². The summed E-state index contributed by atoms with van der Waals surface area (Å²) in [5.74, 6) is 6.38. The van der Waals surface area contributed by atoms with Gasteiger partial charge in [0.2, 0.25) is 0 Å². The normalized spacial score (nSPS) is 26.9. The van der Waals surface area contributed by atoms with E-state index in [1.165, 1.54) is 11.1 Å². The third-order valence-electron chi connectivity index (χ3n) is 5.71. The van der Waals surface area contributed by atoms with Crippen LogP contribution >= 0.6 is 0 Å². The summed E-state index contributed by atoms with van der Waals surface area (Å²) >= 11 is 0. The van der Waals surface area contributed by atoms with Gasteiger partial charge in [0, 0.05) is 30.0 Å². The van der Waals surface area contributed by atoms with Gasteiger partial charge in [0.15, 0.2) is 0 Å². The molecule has 4 atom stereocenters. The second-order valence-electron chi connectivity index (χ2n) is 7.55. The summed E-state index contributed by atoms with van der Waals surface area (Å²) in [6.07, 6.45) is 0.557. The Morgan fingerprint density at radius 3 is 1.96 bits per heavy atom. The molecule has 0 bridgehead atoms. The molecule has 1 aliphatic rings. The lowest BCUT2D eigenvalue weighted by Gasteiger charge is -2.45. The average molecular weight is 367 g/mol. The second kappa shape index (κ2) is 8.02. The molecule has 0 amide bonds. The zero-order valence-electron chi connectivity index (χ0n) is 16.0. The molecule has 140 valence electrons. The Morgan fingerprint density at radius 2 is 1.36 bits per heavy atom. The van der Waals surface area contributed by atoms with Gasteiger partial charge in [-0.05, 0) is 23.3 Å². The number of piperidine rings is 1. The Kier molecular flexibility index (Phi) is 5.30. The smallest absolute Gasteiger partial charge is 0.132 e. The van der Waals surface area contributed by atoms with Gasteiger partial charge in [0.1, 0.15) is 5.60 Å². The van der Waals surface area contributed by atoms with E-state index in [-0.39, 0.29) is 18.0 Å². The molecule has 1 saturated heterocycles. The van der Waals surface area contributed by atoms with Gasteiger partial charge in [-0.25, -0.2) is 0 Å². The van der Waals surface area contributed by atoms with Crippen molar-refractivity contribution in [3.05, 3.63) is 108 Å².